The maximum atomic E-state index is 11.4. The molecule has 1 heterocycles. The van der Waals surface area contributed by atoms with Crippen molar-refractivity contribution in [3.05, 3.63) is 65.5 Å². The number of benzene rings is 1. The van der Waals surface area contributed by atoms with E-state index in [1.54, 1.807) is 13.1 Å². The van der Waals surface area contributed by atoms with Crippen LogP contribution in [0.4, 0.5) is 0 Å². The van der Waals surface area contributed by atoms with Crippen LogP contribution >= 0.6 is 0 Å². The van der Waals surface area contributed by atoms with Gasteiger partial charge in [-0.3, -0.25) is 14.7 Å². The lowest BCUT2D eigenvalue weighted by Gasteiger charge is -2.25. The second-order valence-electron chi connectivity index (χ2n) is 5.13. The number of nitrogens with zero attached hydrogens (tertiary/aromatic N) is 2. The Labute approximate surface area is 120 Å². The summed E-state index contributed by atoms with van der Waals surface area (Å²) in [6, 6.07) is 12.1. The smallest absolute Gasteiger partial charge is 0.159 e. The van der Waals surface area contributed by atoms with Crippen molar-refractivity contribution in [3.8, 4) is 0 Å². The fraction of sp³-hybridized carbons (Fsp3) is 0.294. The highest BCUT2D eigenvalue weighted by molar-refractivity contribution is 5.94. The van der Waals surface area contributed by atoms with Crippen molar-refractivity contribution in [1.82, 2.24) is 9.88 Å². The van der Waals surface area contributed by atoms with Gasteiger partial charge >= 0.3 is 0 Å². The quantitative estimate of drug-likeness (QED) is 0.778. The molecule has 1 unspecified atom stereocenters. The fourth-order valence-corrected chi connectivity index (χ4v) is 2.19. The van der Waals surface area contributed by atoms with Gasteiger partial charge in [-0.05, 0) is 44.2 Å². The second-order valence-corrected chi connectivity index (χ2v) is 5.13. The molecule has 0 saturated carbocycles. The molecule has 1 atom stereocenters. The van der Waals surface area contributed by atoms with E-state index in [4.69, 9.17) is 0 Å². The Balaban J connectivity index is 2.09. The van der Waals surface area contributed by atoms with E-state index >= 15 is 0 Å². The van der Waals surface area contributed by atoms with E-state index in [2.05, 4.69) is 36.0 Å². The molecule has 0 radical (unpaired) electrons. The zero-order chi connectivity index (χ0) is 14.5. The van der Waals surface area contributed by atoms with Crippen LogP contribution in [0.2, 0.25) is 0 Å². The summed E-state index contributed by atoms with van der Waals surface area (Å²) in [5.41, 5.74) is 3.11. The monoisotopic (exact) mass is 268 g/mol. The minimum Gasteiger partial charge on any atom is -0.295 e. The van der Waals surface area contributed by atoms with E-state index in [-0.39, 0.29) is 11.8 Å². The van der Waals surface area contributed by atoms with Gasteiger partial charge in [0.25, 0.3) is 0 Å². The van der Waals surface area contributed by atoms with Crippen LogP contribution in [0.3, 0.4) is 0 Å². The third-order valence-electron chi connectivity index (χ3n) is 3.59. The van der Waals surface area contributed by atoms with Crippen molar-refractivity contribution < 1.29 is 4.79 Å². The van der Waals surface area contributed by atoms with Gasteiger partial charge in [0.1, 0.15) is 0 Å². The molecule has 2 aromatic rings. The summed E-state index contributed by atoms with van der Waals surface area (Å²) in [7, 11) is 2.08. The standard InChI is InChI=1S/C17H20N2O/c1-13(17-8-5-9-18-11-17)19(3)12-15-6-4-7-16(10-15)14(2)20/h4-11,13H,12H2,1-3H3. The van der Waals surface area contributed by atoms with Crippen molar-refractivity contribution in [1.29, 1.82) is 0 Å². The highest BCUT2D eigenvalue weighted by atomic mass is 16.1. The molecule has 104 valence electrons. The SMILES string of the molecule is CC(=O)c1cccc(CN(C)C(C)c2cccnc2)c1. The van der Waals surface area contributed by atoms with Gasteiger partial charge in [-0.15, -0.1) is 0 Å². The molecule has 20 heavy (non-hydrogen) atoms. The predicted octanol–water partition coefficient (Wildman–Crippen LogP) is 3.48. The van der Waals surface area contributed by atoms with Gasteiger partial charge in [0.05, 0.1) is 0 Å². The van der Waals surface area contributed by atoms with Crippen LogP contribution in [0.15, 0.2) is 48.8 Å². The Hall–Kier alpha value is -2.00. The zero-order valence-electron chi connectivity index (χ0n) is 12.2. The highest BCUT2D eigenvalue weighted by Crippen LogP contribution is 2.20. The summed E-state index contributed by atoms with van der Waals surface area (Å²) >= 11 is 0. The Morgan fingerprint density at radius 1 is 1.30 bits per heavy atom. The van der Waals surface area contributed by atoms with Gasteiger partial charge in [0.2, 0.25) is 0 Å². The molecule has 2 rings (SSSR count). The van der Waals surface area contributed by atoms with Crippen LogP contribution in [0, 0.1) is 0 Å². The van der Waals surface area contributed by atoms with Crippen molar-refractivity contribution in [2.75, 3.05) is 7.05 Å². The lowest BCUT2D eigenvalue weighted by Crippen LogP contribution is -2.22. The lowest BCUT2D eigenvalue weighted by molar-refractivity contribution is 0.101. The fourth-order valence-electron chi connectivity index (χ4n) is 2.19. The number of rotatable bonds is 5. The molecule has 0 bridgehead atoms. The van der Waals surface area contributed by atoms with E-state index in [9.17, 15) is 4.79 Å². The Morgan fingerprint density at radius 2 is 2.10 bits per heavy atom. The number of carbonyl (C=O) groups excluding carboxylic acids is 1. The summed E-state index contributed by atoms with van der Waals surface area (Å²) in [5.74, 6) is 0.106. The first kappa shape index (κ1) is 14.4. The van der Waals surface area contributed by atoms with Crippen LogP contribution in [-0.2, 0) is 6.54 Å². The molecular weight excluding hydrogens is 248 g/mol. The Bertz CT molecular complexity index is 581. The van der Waals surface area contributed by atoms with Gasteiger partial charge < -0.3 is 0 Å². The maximum Gasteiger partial charge on any atom is 0.159 e. The van der Waals surface area contributed by atoms with E-state index in [1.165, 1.54) is 5.56 Å². The minimum absolute atomic E-state index is 0.106. The molecule has 0 saturated heterocycles. The molecule has 0 aliphatic heterocycles. The third-order valence-corrected chi connectivity index (χ3v) is 3.59. The van der Waals surface area contributed by atoms with Crippen LogP contribution < -0.4 is 0 Å². The predicted molar refractivity (Wildman–Crippen MR) is 80.6 cm³/mol. The normalized spacial score (nSPS) is 12.4. The number of hydrogen-bond acceptors (Lipinski definition) is 3. The van der Waals surface area contributed by atoms with Crippen molar-refractivity contribution in [2.24, 2.45) is 0 Å². The Kier molecular flexibility index (Phi) is 4.64. The average Bonchev–Trinajstić information content (AvgIpc) is 2.47. The van der Waals surface area contributed by atoms with Gasteiger partial charge in [-0.1, -0.05) is 24.3 Å². The van der Waals surface area contributed by atoms with Crippen molar-refractivity contribution >= 4 is 5.78 Å². The summed E-state index contributed by atoms with van der Waals surface area (Å²) < 4.78 is 0. The molecule has 0 aliphatic carbocycles. The first-order valence-corrected chi connectivity index (χ1v) is 6.78. The zero-order valence-corrected chi connectivity index (χ0v) is 12.2. The van der Waals surface area contributed by atoms with Crippen molar-refractivity contribution in [2.45, 2.75) is 26.4 Å². The third kappa shape index (κ3) is 3.52. The van der Waals surface area contributed by atoms with E-state index in [0.717, 1.165) is 17.7 Å². The van der Waals surface area contributed by atoms with Gasteiger partial charge in [0.15, 0.2) is 5.78 Å². The summed E-state index contributed by atoms with van der Waals surface area (Å²) in [4.78, 5) is 17.8. The van der Waals surface area contributed by atoms with E-state index in [1.807, 2.05) is 30.5 Å². The summed E-state index contributed by atoms with van der Waals surface area (Å²) in [6.45, 7) is 4.56. The maximum absolute atomic E-state index is 11.4. The average molecular weight is 268 g/mol. The molecule has 0 aliphatic rings. The van der Waals surface area contributed by atoms with E-state index < -0.39 is 0 Å². The van der Waals surface area contributed by atoms with Crippen LogP contribution in [-0.4, -0.2) is 22.7 Å². The molecule has 3 nitrogen and oxygen atoms in total. The van der Waals surface area contributed by atoms with Crippen LogP contribution in [0.1, 0.15) is 41.4 Å². The molecule has 1 aromatic carbocycles. The molecule has 0 spiro atoms. The van der Waals surface area contributed by atoms with Gasteiger partial charge in [-0.2, -0.15) is 0 Å². The molecular formula is C17H20N2O. The molecule has 0 N–H and O–H groups in total. The molecule has 1 aromatic heterocycles. The second kappa shape index (κ2) is 6.44. The minimum atomic E-state index is 0.106. The molecule has 0 fully saturated rings. The number of Topliss-reactive ketones (excluding diaryl/α,β-unsaturated/α-hetero) is 1. The first-order chi connectivity index (χ1) is 9.58. The number of pyridine rings is 1. The van der Waals surface area contributed by atoms with Crippen LogP contribution in [0.5, 0.6) is 0 Å². The summed E-state index contributed by atoms with van der Waals surface area (Å²) in [6.07, 6.45) is 3.68. The van der Waals surface area contributed by atoms with Gasteiger partial charge in [-0.25, -0.2) is 0 Å². The number of carbonyl (C=O) groups is 1. The first-order valence-electron chi connectivity index (χ1n) is 6.78. The topological polar surface area (TPSA) is 33.2 Å². The summed E-state index contributed by atoms with van der Waals surface area (Å²) in [5, 5.41) is 0. The largest absolute Gasteiger partial charge is 0.295 e. The number of aromatic nitrogens is 1. The molecule has 0 amide bonds. The van der Waals surface area contributed by atoms with Crippen LogP contribution in [0.25, 0.3) is 0 Å². The van der Waals surface area contributed by atoms with Crippen molar-refractivity contribution in [3.63, 3.8) is 0 Å². The highest BCUT2D eigenvalue weighted by Gasteiger charge is 2.12. The Morgan fingerprint density at radius 3 is 2.75 bits per heavy atom. The lowest BCUT2D eigenvalue weighted by atomic mass is 10.1. The van der Waals surface area contributed by atoms with E-state index in [0.29, 0.717) is 0 Å². The number of hydrogen-bond donors (Lipinski definition) is 0. The molecule has 3 heteroatoms. The number of ketones is 1. The van der Waals surface area contributed by atoms with Gasteiger partial charge in [0, 0.05) is 30.5 Å².